The summed E-state index contributed by atoms with van der Waals surface area (Å²) in [4.78, 5) is 4.97. The normalized spacial score (nSPS) is 12.7. The van der Waals surface area contributed by atoms with Crippen LogP contribution in [0.3, 0.4) is 0 Å². The van der Waals surface area contributed by atoms with E-state index in [-0.39, 0.29) is 0 Å². The zero-order chi connectivity index (χ0) is 19.5. The Morgan fingerprint density at radius 3 is 2.22 bits per heavy atom. The van der Waals surface area contributed by atoms with Crippen LogP contribution in [0.4, 0.5) is 0 Å². The van der Waals surface area contributed by atoms with E-state index in [4.69, 9.17) is 0 Å². The summed E-state index contributed by atoms with van der Waals surface area (Å²) in [5.41, 5.74) is 3.72. The number of likely N-dealkylation sites (N-methyl/N-ethyl adjacent to an activating group) is 2. The summed E-state index contributed by atoms with van der Waals surface area (Å²) in [6.45, 7) is 14.2. The topological polar surface area (TPSA) is 45.2 Å². The van der Waals surface area contributed by atoms with Gasteiger partial charge >= 0.3 is 0 Å². The minimum absolute atomic E-state index is 0.423. The summed E-state index contributed by atoms with van der Waals surface area (Å²) in [6, 6.07) is 11.2. The van der Waals surface area contributed by atoms with E-state index in [1.165, 1.54) is 11.1 Å². The summed E-state index contributed by atoms with van der Waals surface area (Å²) in [5, 5.41) is 12.4. The first-order valence-corrected chi connectivity index (χ1v) is 10.4. The quantitative estimate of drug-likeness (QED) is 0.575. The van der Waals surface area contributed by atoms with E-state index in [2.05, 4.69) is 83.2 Å². The zero-order valence-electron chi connectivity index (χ0n) is 17.4. The lowest BCUT2D eigenvalue weighted by molar-refractivity contribution is 0.211. The number of nitrogens with zero attached hydrogens (tertiary/aromatic N) is 5. The van der Waals surface area contributed by atoms with Crippen molar-refractivity contribution in [3.63, 3.8) is 0 Å². The molecule has 0 bridgehead atoms. The third-order valence-electron chi connectivity index (χ3n) is 5.46. The minimum Gasteiger partial charge on any atom is -0.304 e. The molecule has 0 aliphatic heterocycles. The summed E-state index contributed by atoms with van der Waals surface area (Å²) >= 11 is 0. The first kappa shape index (κ1) is 21.5. The van der Waals surface area contributed by atoms with Crippen molar-refractivity contribution in [2.24, 2.45) is 0 Å². The minimum atomic E-state index is 0.423. The molecule has 1 aromatic carbocycles. The summed E-state index contributed by atoms with van der Waals surface area (Å²) in [6.07, 6.45) is 4.84. The van der Waals surface area contributed by atoms with Crippen molar-refractivity contribution < 1.29 is 0 Å². The molecule has 0 fully saturated rings. The molecule has 1 atom stereocenters. The van der Waals surface area contributed by atoms with Gasteiger partial charge in [0.1, 0.15) is 0 Å². The van der Waals surface area contributed by atoms with Crippen LogP contribution in [0.1, 0.15) is 44.5 Å². The van der Waals surface area contributed by atoms with Gasteiger partial charge in [-0.1, -0.05) is 58.0 Å². The molecule has 0 spiro atoms. The maximum Gasteiger partial charge on any atom is 0.0712 e. The van der Waals surface area contributed by atoms with E-state index in [0.29, 0.717) is 6.04 Å². The molecule has 148 valence electrons. The smallest absolute Gasteiger partial charge is 0.0712 e. The number of benzene rings is 1. The van der Waals surface area contributed by atoms with Gasteiger partial charge in [-0.15, -0.1) is 10.2 Å². The van der Waals surface area contributed by atoms with Gasteiger partial charge in [-0.05, 0) is 55.4 Å². The van der Waals surface area contributed by atoms with Crippen LogP contribution in [0.2, 0.25) is 0 Å². The Morgan fingerprint density at radius 2 is 1.59 bits per heavy atom. The highest BCUT2D eigenvalue weighted by molar-refractivity contribution is 5.20. The molecule has 0 aliphatic carbocycles. The Morgan fingerprint density at radius 1 is 0.889 bits per heavy atom. The van der Waals surface area contributed by atoms with Gasteiger partial charge in [0.15, 0.2) is 0 Å². The van der Waals surface area contributed by atoms with Crippen LogP contribution in [-0.4, -0.2) is 64.0 Å². The number of rotatable bonds is 12. The van der Waals surface area contributed by atoms with E-state index in [9.17, 15) is 0 Å². The molecule has 2 aromatic rings. The average molecular weight is 370 g/mol. The van der Waals surface area contributed by atoms with E-state index in [0.717, 1.165) is 57.7 Å². The highest BCUT2D eigenvalue weighted by atomic mass is 15.3. The molecule has 0 aliphatic rings. The maximum atomic E-state index is 4.43. The highest BCUT2D eigenvalue weighted by Gasteiger charge is 2.20. The second kappa shape index (κ2) is 11.8. The average Bonchev–Trinajstić information content (AvgIpc) is 2.71. The highest BCUT2D eigenvalue weighted by Crippen LogP contribution is 2.16. The van der Waals surface area contributed by atoms with Crippen LogP contribution in [-0.2, 0) is 19.3 Å². The van der Waals surface area contributed by atoms with Crippen LogP contribution in [0.5, 0.6) is 0 Å². The van der Waals surface area contributed by atoms with Crippen molar-refractivity contribution in [3.8, 4) is 0 Å². The molecule has 0 radical (unpaired) electrons. The Labute approximate surface area is 164 Å². The van der Waals surface area contributed by atoms with Crippen LogP contribution >= 0.6 is 0 Å². The van der Waals surface area contributed by atoms with Gasteiger partial charge in [-0.25, -0.2) is 0 Å². The third kappa shape index (κ3) is 6.67. The van der Waals surface area contributed by atoms with Crippen LogP contribution < -0.4 is 0 Å². The Kier molecular flexibility index (Phi) is 9.36. The van der Waals surface area contributed by atoms with Crippen molar-refractivity contribution in [2.75, 3.05) is 32.7 Å². The molecule has 5 heteroatoms. The molecule has 0 N–H and O–H groups in total. The first-order valence-electron chi connectivity index (χ1n) is 10.4. The molecule has 0 saturated carbocycles. The van der Waals surface area contributed by atoms with Crippen molar-refractivity contribution in [1.29, 1.82) is 0 Å². The fraction of sp³-hybridized carbons (Fsp3) is 0.591. The summed E-state index contributed by atoms with van der Waals surface area (Å²) < 4.78 is 0. The lowest BCUT2D eigenvalue weighted by Crippen LogP contribution is -2.39. The van der Waals surface area contributed by atoms with E-state index < -0.39 is 0 Å². The van der Waals surface area contributed by atoms with Crippen LogP contribution in [0, 0.1) is 0 Å². The van der Waals surface area contributed by atoms with Gasteiger partial charge in [-0.3, -0.25) is 0 Å². The zero-order valence-corrected chi connectivity index (χ0v) is 17.4. The van der Waals surface area contributed by atoms with Crippen LogP contribution in [0.25, 0.3) is 0 Å². The van der Waals surface area contributed by atoms with Gasteiger partial charge in [0.05, 0.1) is 11.9 Å². The second-order valence-corrected chi connectivity index (χ2v) is 6.95. The fourth-order valence-corrected chi connectivity index (χ4v) is 3.69. The predicted octanol–water partition coefficient (Wildman–Crippen LogP) is 3.25. The van der Waals surface area contributed by atoms with Crippen molar-refractivity contribution in [3.05, 3.63) is 53.3 Å². The Balaban J connectivity index is 2.16. The van der Waals surface area contributed by atoms with Gasteiger partial charge in [0.2, 0.25) is 0 Å². The molecule has 1 unspecified atom stereocenters. The lowest BCUT2D eigenvalue weighted by atomic mass is 9.97. The SMILES string of the molecule is CCN(CC)CCc1cnnnc1CC(Cc1ccccc1)N(CC)CC. The molecule has 5 nitrogen and oxygen atoms in total. The van der Waals surface area contributed by atoms with Gasteiger partial charge in [0.25, 0.3) is 0 Å². The van der Waals surface area contributed by atoms with E-state index >= 15 is 0 Å². The number of hydrogen-bond acceptors (Lipinski definition) is 5. The number of hydrogen-bond donors (Lipinski definition) is 0. The van der Waals surface area contributed by atoms with Crippen molar-refractivity contribution >= 4 is 0 Å². The monoisotopic (exact) mass is 369 g/mol. The van der Waals surface area contributed by atoms with Gasteiger partial charge in [0, 0.05) is 19.0 Å². The maximum absolute atomic E-state index is 4.43. The molecule has 1 aromatic heterocycles. The molecular formula is C22H35N5. The third-order valence-corrected chi connectivity index (χ3v) is 5.46. The lowest BCUT2D eigenvalue weighted by Gasteiger charge is -2.30. The standard InChI is InChI=1S/C22H35N5/c1-5-26(6-2)15-14-20-18-23-25-24-22(20)17-21(27(7-3)8-4)16-19-12-10-9-11-13-19/h9-13,18,21H,5-8,14-17H2,1-4H3. The largest absolute Gasteiger partial charge is 0.304 e. The Bertz CT molecular complexity index is 638. The molecule has 2 rings (SSSR count). The van der Waals surface area contributed by atoms with Gasteiger partial charge < -0.3 is 9.80 Å². The first-order chi connectivity index (χ1) is 13.2. The molecule has 0 amide bonds. The molecule has 27 heavy (non-hydrogen) atoms. The predicted molar refractivity (Wildman–Crippen MR) is 112 cm³/mol. The molecular weight excluding hydrogens is 334 g/mol. The fourth-order valence-electron chi connectivity index (χ4n) is 3.69. The van der Waals surface area contributed by atoms with Gasteiger partial charge in [-0.2, -0.15) is 0 Å². The van der Waals surface area contributed by atoms with Crippen LogP contribution in [0.15, 0.2) is 36.5 Å². The summed E-state index contributed by atoms with van der Waals surface area (Å²) in [7, 11) is 0. The Hall–Kier alpha value is -1.85. The van der Waals surface area contributed by atoms with E-state index in [1.807, 2.05) is 6.20 Å². The number of aromatic nitrogens is 3. The molecule has 0 saturated heterocycles. The second-order valence-electron chi connectivity index (χ2n) is 6.95. The van der Waals surface area contributed by atoms with Crippen molar-refractivity contribution in [1.82, 2.24) is 25.2 Å². The van der Waals surface area contributed by atoms with E-state index in [1.54, 1.807) is 0 Å². The molecule has 1 heterocycles. The summed E-state index contributed by atoms with van der Waals surface area (Å²) in [5.74, 6) is 0. The van der Waals surface area contributed by atoms with Crippen molar-refractivity contribution in [2.45, 2.75) is 53.0 Å².